The van der Waals surface area contributed by atoms with Crippen molar-refractivity contribution in [3.8, 4) is 0 Å². The third kappa shape index (κ3) is 3.84. The van der Waals surface area contributed by atoms with Gasteiger partial charge in [0.15, 0.2) is 0 Å². The Hall–Kier alpha value is -1.36. The highest BCUT2D eigenvalue weighted by Crippen LogP contribution is 2.13. The summed E-state index contributed by atoms with van der Waals surface area (Å²) in [5.41, 5.74) is 0. The highest BCUT2D eigenvalue weighted by molar-refractivity contribution is 7.10. The molecule has 5 heteroatoms. The molecule has 2 heterocycles. The number of thiophene rings is 1. The van der Waals surface area contributed by atoms with E-state index in [2.05, 4.69) is 5.32 Å². The van der Waals surface area contributed by atoms with E-state index in [1.807, 2.05) is 24.1 Å². The molecule has 1 aliphatic heterocycles. The van der Waals surface area contributed by atoms with Gasteiger partial charge >= 0.3 is 0 Å². The Labute approximate surface area is 111 Å². The van der Waals surface area contributed by atoms with Gasteiger partial charge in [0.1, 0.15) is 0 Å². The summed E-state index contributed by atoms with van der Waals surface area (Å²) < 4.78 is 0. The molecule has 4 nitrogen and oxygen atoms in total. The molecular weight excluding hydrogens is 248 g/mol. The molecule has 1 N–H and O–H groups in total. The van der Waals surface area contributed by atoms with Crippen LogP contribution >= 0.6 is 11.3 Å². The zero-order valence-electron chi connectivity index (χ0n) is 10.2. The summed E-state index contributed by atoms with van der Waals surface area (Å²) in [4.78, 5) is 26.1. The predicted octanol–water partition coefficient (Wildman–Crippen LogP) is 1.58. The lowest BCUT2D eigenvalue weighted by Crippen LogP contribution is -2.31. The molecule has 1 saturated heterocycles. The van der Waals surface area contributed by atoms with Gasteiger partial charge in [0.25, 0.3) is 0 Å². The van der Waals surface area contributed by atoms with Crippen LogP contribution in [0.1, 0.15) is 24.1 Å². The fourth-order valence-electron chi connectivity index (χ4n) is 1.91. The minimum Gasteiger partial charge on any atom is -0.355 e. The quantitative estimate of drug-likeness (QED) is 0.878. The van der Waals surface area contributed by atoms with Crippen molar-refractivity contribution in [1.82, 2.24) is 10.2 Å². The first-order valence-corrected chi connectivity index (χ1v) is 7.05. The number of carbonyl (C=O) groups excluding carboxylic acids is 2. The van der Waals surface area contributed by atoms with Crippen molar-refractivity contribution in [3.05, 3.63) is 28.9 Å². The monoisotopic (exact) mass is 265 g/mol. The molecule has 1 aliphatic rings. The number of likely N-dealkylation sites (tertiary alicyclic amines) is 1. The van der Waals surface area contributed by atoms with E-state index in [1.54, 1.807) is 16.2 Å². The Bertz CT molecular complexity index is 397. The number of hydrogen-bond donors (Lipinski definition) is 1. The first-order valence-electron chi connectivity index (χ1n) is 6.17. The van der Waals surface area contributed by atoms with Crippen molar-refractivity contribution in [3.63, 3.8) is 0 Å². The van der Waals surface area contributed by atoms with Gasteiger partial charge in [-0.15, -0.1) is 11.3 Å². The van der Waals surface area contributed by atoms with Crippen LogP contribution in [0.25, 0.3) is 0 Å². The first kappa shape index (κ1) is 13.1. The molecule has 1 fully saturated rings. The van der Waals surface area contributed by atoms with Crippen LogP contribution < -0.4 is 5.32 Å². The van der Waals surface area contributed by atoms with Gasteiger partial charge in [0, 0.05) is 24.4 Å². The fourth-order valence-corrected chi connectivity index (χ4v) is 2.62. The largest absolute Gasteiger partial charge is 0.355 e. The van der Waals surface area contributed by atoms with E-state index in [9.17, 15) is 9.59 Å². The molecule has 0 aromatic carbocycles. The Kier molecular flexibility index (Phi) is 4.75. The number of nitrogens with one attached hydrogen (secondary N) is 1. The number of amides is 2. The van der Waals surface area contributed by atoms with Crippen LogP contribution in [0.5, 0.6) is 0 Å². The van der Waals surface area contributed by atoms with Gasteiger partial charge in [-0.25, -0.2) is 0 Å². The highest BCUT2D eigenvalue weighted by atomic mass is 32.1. The summed E-state index contributed by atoms with van der Waals surface area (Å²) in [6.07, 6.45) is 2.82. The second kappa shape index (κ2) is 6.54. The van der Waals surface area contributed by atoms with Crippen LogP contribution in [-0.4, -0.2) is 29.8 Å². The van der Waals surface area contributed by atoms with E-state index < -0.39 is 0 Å². The van der Waals surface area contributed by atoms with Crippen LogP contribution in [0.15, 0.2) is 17.5 Å². The van der Waals surface area contributed by atoms with E-state index in [0.29, 0.717) is 19.4 Å². The average Bonchev–Trinajstić information content (AvgIpc) is 3.00. The van der Waals surface area contributed by atoms with E-state index in [4.69, 9.17) is 0 Å². The van der Waals surface area contributed by atoms with Crippen LogP contribution in [-0.2, 0) is 16.0 Å². The standard InChI is InChI=1S/C13H17N2O2S/c16-12(10-11-4-3-9-18-11)14-6-5-13(17)15-7-1-2-8-15/h3-4,7,9H,1-2,5-6,8,10H2,(H,14,16). The highest BCUT2D eigenvalue weighted by Gasteiger charge is 2.17. The summed E-state index contributed by atoms with van der Waals surface area (Å²) in [6.45, 7) is 3.19. The van der Waals surface area contributed by atoms with Crippen LogP contribution in [0, 0.1) is 6.54 Å². The maximum Gasteiger partial charge on any atom is 0.225 e. The Balaban J connectivity index is 1.62. The third-order valence-electron chi connectivity index (χ3n) is 2.85. The average molecular weight is 265 g/mol. The van der Waals surface area contributed by atoms with Gasteiger partial charge in [0.2, 0.25) is 11.8 Å². The van der Waals surface area contributed by atoms with Crippen LogP contribution in [0.4, 0.5) is 0 Å². The van der Waals surface area contributed by atoms with Crippen LogP contribution in [0.3, 0.4) is 0 Å². The summed E-state index contributed by atoms with van der Waals surface area (Å²) in [5.74, 6) is 0.0829. The molecule has 0 bridgehead atoms. The molecule has 1 radical (unpaired) electrons. The number of nitrogens with zero attached hydrogens (tertiary/aromatic N) is 1. The molecule has 0 spiro atoms. The van der Waals surface area contributed by atoms with Gasteiger partial charge in [-0.05, 0) is 24.3 Å². The van der Waals surface area contributed by atoms with Crippen molar-refractivity contribution in [1.29, 1.82) is 0 Å². The summed E-state index contributed by atoms with van der Waals surface area (Å²) in [6, 6.07) is 3.87. The molecule has 1 aromatic heterocycles. The number of hydrogen-bond acceptors (Lipinski definition) is 3. The molecule has 0 saturated carbocycles. The lowest BCUT2D eigenvalue weighted by Gasteiger charge is -2.14. The zero-order chi connectivity index (χ0) is 12.8. The molecule has 1 aromatic rings. The molecular formula is C13H17N2O2S. The topological polar surface area (TPSA) is 49.4 Å². The number of rotatable bonds is 5. The van der Waals surface area contributed by atoms with Gasteiger partial charge in [0.05, 0.1) is 13.0 Å². The van der Waals surface area contributed by atoms with Crippen molar-refractivity contribution in [2.45, 2.75) is 25.7 Å². The van der Waals surface area contributed by atoms with Crippen molar-refractivity contribution >= 4 is 23.2 Å². The van der Waals surface area contributed by atoms with Crippen molar-refractivity contribution in [2.75, 3.05) is 13.1 Å². The van der Waals surface area contributed by atoms with Gasteiger partial charge in [-0.3, -0.25) is 9.59 Å². The smallest absolute Gasteiger partial charge is 0.225 e. The second-order valence-electron chi connectivity index (χ2n) is 4.27. The van der Waals surface area contributed by atoms with E-state index >= 15 is 0 Å². The maximum atomic E-state index is 11.7. The minimum absolute atomic E-state index is 0.0179. The first-order chi connectivity index (χ1) is 8.75. The third-order valence-corrected chi connectivity index (χ3v) is 3.73. The Morgan fingerprint density at radius 3 is 3.00 bits per heavy atom. The fraction of sp³-hybridized carbons (Fsp3) is 0.462. The Morgan fingerprint density at radius 2 is 2.33 bits per heavy atom. The minimum atomic E-state index is -0.0179. The van der Waals surface area contributed by atoms with Crippen molar-refractivity contribution < 1.29 is 9.59 Å². The van der Waals surface area contributed by atoms with Crippen molar-refractivity contribution in [2.24, 2.45) is 0 Å². The second-order valence-corrected chi connectivity index (χ2v) is 5.30. The molecule has 0 aliphatic carbocycles. The number of carbonyl (C=O) groups is 2. The van der Waals surface area contributed by atoms with E-state index in [1.165, 1.54) is 0 Å². The van der Waals surface area contributed by atoms with E-state index in [-0.39, 0.29) is 11.8 Å². The lowest BCUT2D eigenvalue weighted by atomic mass is 10.3. The maximum absolute atomic E-state index is 11.7. The lowest BCUT2D eigenvalue weighted by molar-refractivity contribution is -0.128. The normalized spacial score (nSPS) is 14.8. The summed E-state index contributed by atoms with van der Waals surface area (Å²) in [5, 5.41) is 4.74. The molecule has 2 amide bonds. The summed E-state index contributed by atoms with van der Waals surface area (Å²) >= 11 is 1.57. The van der Waals surface area contributed by atoms with Gasteiger partial charge < -0.3 is 10.2 Å². The van der Waals surface area contributed by atoms with Gasteiger partial charge in [-0.2, -0.15) is 0 Å². The SMILES string of the molecule is O=C(Cc1cccs1)NCCC(=O)N1[CH]CCC1. The molecule has 97 valence electrons. The molecule has 2 rings (SSSR count). The summed E-state index contributed by atoms with van der Waals surface area (Å²) in [7, 11) is 0. The predicted molar refractivity (Wildman–Crippen MR) is 70.9 cm³/mol. The van der Waals surface area contributed by atoms with Gasteiger partial charge in [-0.1, -0.05) is 6.07 Å². The molecule has 18 heavy (non-hydrogen) atoms. The Morgan fingerprint density at radius 1 is 1.44 bits per heavy atom. The molecule has 0 atom stereocenters. The molecule has 0 unspecified atom stereocenters. The zero-order valence-corrected chi connectivity index (χ0v) is 11.0. The van der Waals surface area contributed by atoms with E-state index in [0.717, 1.165) is 24.3 Å². The van der Waals surface area contributed by atoms with Crippen LogP contribution in [0.2, 0.25) is 0 Å².